The predicted octanol–water partition coefficient (Wildman–Crippen LogP) is 4.84. The third kappa shape index (κ3) is 3.69. The third-order valence-electron chi connectivity index (χ3n) is 9.09. The molecule has 0 spiro atoms. The molecule has 3 fully saturated rings. The fourth-order valence-corrected chi connectivity index (χ4v) is 7.61. The summed E-state index contributed by atoms with van der Waals surface area (Å²) < 4.78 is 18.6. The zero-order valence-electron chi connectivity index (χ0n) is 21.8. The number of rotatable bonds is 2. The van der Waals surface area contributed by atoms with E-state index in [4.69, 9.17) is 23.2 Å². The molecule has 2 aliphatic carbocycles. The van der Waals surface area contributed by atoms with Crippen molar-refractivity contribution in [1.29, 1.82) is 0 Å². The van der Waals surface area contributed by atoms with Crippen LogP contribution in [0.15, 0.2) is 48.0 Å². The number of fused-ring (bicyclic) bond motifs is 4. The number of methoxy groups -OCH3 is 1. The van der Waals surface area contributed by atoms with Crippen molar-refractivity contribution in [3.05, 3.63) is 69.5 Å². The Balaban J connectivity index is 1.54. The number of carbonyl (C=O) groups is 5. The number of benzene rings is 2. The molecule has 4 aliphatic rings. The molecule has 6 atom stereocenters. The van der Waals surface area contributed by atoms with Gasteiger partial charge in [0.2, 0.25) is 23.6 Å². The molecule has 2 aromatic rings. The molecular weight excluding hydrogens is 578 g/mol. The van der Waals surface area contributed by atoms with Gasteiger partial charge in [0.15, 0.2) is 0 Å². The van der Waals surface area contributed by atoms with Crippen LogP contribution in [0.2, 0.25) is 10.0 Å². The Hall–Kier alpha value is -3.76. The molecule has 2 saturated heterocycles. The topological polar surface area (TPSA) is 121 Å². The summed E-state index contributed by atoms with van der Waals surface area (Å²) >= 11 is 12.3. The van der Waals surface area contributed by atoms with Gasteiger partial charge in [-0.25, -0.2) is 14.1 Å². The van der Waals surface area contributed by atoms with E-state index in [1.54, 1.807) is 13.0 Å². The SMILES string of the molecule is COC(=O)N1C(=O)C2CC=C3C(CC4C(=O)N(c5ccc(F)c(Cl)c5)C(=O)C4(C)C3c3cc(Cl)ccc3O)C2C1=O. The lowest BCUT2D eigenvalue weighted by Gasteiger charge is -2.49. The Bertz CT molecular complexity index is 1610. The molecule has 1 saturated carbocycles. The Kier molecular flexibility index (Phi) is 6.28. The molecule has 9 nitrogen and oxygen atoms in total. The minimum atomic E-state index is -1.46. The number of hydrogen-bond acceptors (Lipinski definition) is 7. The fourth-order valence-electron chi connectivity index (χ4n) is 7.26. The van der Waals surface area contributed by atoms with Crippen molar-refractivity contribution in [2.45, 2.75) is 25.7 Å². The number of phenolic OH excluding ortho intramolecular Hbond substituents is 1. The minimum absolute atomic E-state index is 0.0192. The normalized spacial score (nSPS) is 30.7. The van der Waals surface area contributed by atoms with E-state index < -0.39 is 70.5 Å². The quantitative estimate of drug-likeness (QED) is 0.387. The highest BCUT2D eigenvalue weighted by Crippen LogP contribution is 2.64. The summed E-state index contributed by atoms with van der Waals surface area (Å²) in [6.07, 6.45) is 0.796. The second-order valence-electron chi connectivity index (χ2n) is 10.9. The molecular formula is C29H23Cl2FN2O7. The number of phenols is 1. The van der Waals surface area contributed by atoms with Crippen LogP contribution in [0, 0.1) is 34.9 Å². The van der Waals surface area contributed by atoms with Crippen LogP contribution < -0.4 is 4.90 Å². The molecule has 41 heavy (non-hydrogen) atoms. The summed E-state index contributed by atoms with van der Waals surface area (Å²) in [5, 5.41) is 11.0. The first kappa shape index (κ1) is 27.4. The van der Waals surface area contributed by atoms with Gasteiger partial charge in [0.1, 0.15) is 11.6 Å². The van der Waals surface area contributed by atoms with Crippen LogP contribution in [0.4, 0.5) is 14.9 Å². The first-order valence-electron chi connectivity index (χ1n) is 12.9. The van der Waals surface area contributed by atoms with Crippen molar-refractivity contribution < 1.29 is 38.2 Å². The van der Waals surface area contributed by atoms with Gasteiger partial charge in [0.05, 0.1) is 41.0 Å². The second kappa shape index (κ2) is 9.39. The van der Waals surface area contributed by atoms with Crippen molar-refractivity contribution in [1.82, 2.24) is 4.90 Å². The fraction of sp³-hybridized carbons (Fsp3) is 0.345. The van der Waals surface area contributed by atoms with Crippen molar-refractivity contribution in [3.8, 4) is 5.75 Å². The number of halogens is 3. The molecule has 2 heterocycles. The van der Waals surface area contributed by atoms with Gasteiger partial charge in [-0.1, -0.05) is 34.9 Å². The van der Waals surface area contributed by atoms with Crippen LogP contribution in [0.5, 0.6) is 5.75 Å². The summed E-state index contributed by atoms with van der Waals surface area (Å²) in [5.41, 5.74) is -0.505. The molecule has 2 aromatic carbocycles. The van der Waals surface area contributed by atoms with Crippen molar-refractivity contribution in [3.63, 3.8) is 0 Å². The largest absolute Gasteiger partial charge is 0.508 e. The van der Waals surface area contributed by atoms with Crippen LogP contribution in [0.3, 0.4) is 0 Å². The highest BCUT2D eigenvalue weighted by atomic mass is 35.5. The Morgan fingerprint density at radius 2 is 1.78 bits per heavy atom. The van der Waals surface area contributed by atoms with E-state index in [-0.39, 0.29) is 39.9 Å². The van der Waals surface area contributed by atoms with Crippen LogP contribution >= 0.6 is 23.2 Å². The number of allylic oxidation sites excluding steroid dienone is 2. The molecule has 0 bridgehead atoms. The van der Waals surface area contributed by atoms with E-state index in [1.165, 1.54) is 30.3 Å². The monoisotopic (exact) mass is 600 g/mol. The number of imide groups is 4. The standard InChI is InChI=1S/C29H23Cl2FN2O7/c1-29-18(25(37)33(27(29)39)13-4-7-20(32)19(31)10-13)11-16-14(23(29)17-9-12(30)3-8-21(17)35)5-6-15-22(16)26(38)34(24(15)36)28(40)41-2/h3-5,7-10,15-16,18,22-23,35H,6,11H2,1-2H3. The predicted molar refractivity (Wildman–Crippen MR) is 143 cm³/mol. The van der Waals surface area contributed by atoms with Gasteiger partial charge in [-0.2, -0.15) is 4.90 Å². The molecule has 0 radical (unpaired) electrons. The number of amides is 5. The van der Waals surface area contributed by atoms with E-state index in [0.717, 1.165) is 18.1 Å². The number of nitrogens with zero attached hydrogens (tertiary/aromatic N) is 2. The number of aromatic hydroxyl groups is 1. The van der Waals surface area contributed by atoms with Gasteiger partial charge in [-0.15, -0.1) is 0 Å². The minimum Gasteiger partial charge on any atom is -0.508 e. The van der Waals surface area contributed by atoms with Gasteiger partial charge in [-0.3, -0.25) is 19.2 Å². The molecule has 6 rings (SSSR count). The number of likely N-dealkylation sites (tertiary alicyclic amines) is 1. The number of carbonyl (C=O) groups excluding carboxylic acids is 5. The van der Waals surface area contributed by atoms with Crippen LogP contribution in [-0.2, 0) is 23.9 Å². The van der Waals surface area contributed by atoms with Crippen molar-refractivity contribution in [2.24, 2.45) is 29.1 Å². The summed E-state index contributed by atoms with van der Waals surface area (Å²) in [6.45, 7) is 1.62. The van der Waals surface area contributed by atoms with Gasteiger partial charge in [-0.05, 0) is 62.1 Å². The molecule has 0 aromatic heterocycles. The summed E-state index contributed by atoms with van der Waals surface area (Å²) in [4.78, 5) is 68.8. The van der Waals surface area contributed by atoms with E-state index in [2.05, 4.69) is 4.74 Å². The van der Waals surface area contributed by atoms with E-state index in [1.807, 2.05) is 0 Å². The van der Waals surface area contributed by atoms with E-state index in [0.29, 0.717) is 10.5 Å². The lowest BCUT2D eigenvalue weighted by atomic mass is 9.51. The van der Waals surface area contributed by atoms with Gasteiger partial charge >= 0.3 is 6.09 Å². The molecule has 1 N–H and O–H groups in total. The highest BCUT2D eigenvalue weighted by molar-refractivity contribution is 6.32. The number of anilines is 1. The zero-order chi connectivity index (χ0) is 29.5. The average Bonchev–Trinajstić information content (AvgIpc) is 3.31. The lowest BCUT2D eigenvalue weighted by molar-refractivity contribution is -0.138. The smallest absolute Gasteiger partial charge is 0.423 e. The Labute approximate surface area is 243 Å². The van der Waals surface area contributed by atoms with Crippen LogP contribution in [-0.4, -0.2) is 46.8 Å². The summed E-state index contributed by atoms with van der Waals surface area (Å²) in [5.74, 6) is -7.96. The maximum atomic E-state index is 14.3. The van der Waals surface area contributed by atoms with E-state index in [9.17, 15) is 33.5 Å². The van der Waals surface area contributed by atoms with Crippen molar-refractivity contribution in [2.75, 3.05) is 12.0 Å². The van der Waals surface area contributed by atoms with Gasteiger partial charge in [0, 0.05) is 16.5 Å². The van der Waals surface area contributed by atoms with Crippen molar-refractivity contribution >= 4 is 58.6 Å². The molecule has 5 amide bonds. The first-order chi connectivity index (χ1) is 19.4. The average molecular weight is 601 g/mol. The molecule has 12 heteroatoms. The van der Waals surface area contributed by atoms with Gasteiger partial charge < -0.3 is 9.84 Å². The number of hydrogen-bond donors (Lipinski definition) is 1. The second-order valence-corrected chi connectivity index (χ2v) is 11.8. The van der Waals surface area contributed by atoms with Crippen LogP contribution in [0.25, 0.3) is 0 Å². The molecule has 6 unspecified atom stereocenters. The highest BCUT2D eigenvalue weighted by Gasteiger charge is 2.68. The molecule has 2 aliphatic heterocycles. The van der Waals surface area contributed by atoms with E-state index >= 15 is 0 Å². The lowest BCUT2D eigenvalue weighted by Crippen LogP contribution is -2.49. The van der Waals surface area contributed by atoms with Gasteiger partial charge in [0.25, 0.3) is 0 Å². The maximum Gasteiger partial charge on any atom is 0.423 e. The maximum absolute atomic E-state index is 14.3. The number of ether oxygens (including phenoxy) is 1. The Morgan fingerprint density at radius 3 is 2.46 bits per heavy atom. The first-order valence-corrected chi connectivity index (χ1v) is 13.6. The van der Waals surface area contributed by atoms with Crippen LogP contribution in [0.1, 0.15) is 31.2 Å². The Morgan fingerprint density at radius 1 is 1.05 bits per heavy atom. The zero-order valence-corrected chi connectivity index (χ0v) is 23.3. The summed E-state index contributed by atoms with van der Waals surface area (Å²) in [6, 6.07) is 7.90. The summed E-state index contributed by atoms with van der Waals surface area (Å²) in [7, 11) is 1.07. The third-order valence-corrected chi connectivity index (χ3v) is 9.62. The molecule has 212 valence electrons.